The Morgan fingerprint density at radius 3 is 2.81 bits per heavy atom. The standard InChI is InChI=1S/C13H21FN2/c1-4-15-8-11(3)16-9-12-7-10(2)5-6-13(12)14/h5-7,11,15-16H,4,8-9H2,1-3H3. The molecule has 0 fully saturated rings. The molecular weight excluding hydrogens is 203 g/mol. The first kappa shape index (κ1) is 13.1. The van der Waals surface area contributed by atoms with Crippen molar-refractivity contribution in [2.24, 2.45) is 0 Å². The molecule has 1 rings (SSSR count). The predicted octanol–water partition coefficient (Wildman–Crippen LogP) is 2.22. The second-order valence-electron chi connectivity index (χ2n) is 4.18. The minimum absolute atomic E-state index is 0.131. The van der Waals surface area contributed by atoms with Crippen LogP contribution in [-0.2, 0) is 6.54 Å². The molecule has 1 aromatic carbocycles. The van der Waals surface area contributed by atoms with Crippen LogP contribution in [-0.4, -0.2) is 19.1 Å². The van der Waals surface area contributed by atoms with Gasteiger partial charge < -0.3 is 10.6 Å². The number of hydrogen-bond acceptors (Lipinski definition) is 2. The molecule has 0 amide bonds. The van der Waals surface area contributed by atoms with E-state index in [9.17, 15) is 4.39 Å². The summed E-state index contributed by atoms with van der Waals surface area (Å²) in [6.45, 7) is 8.60. The minimum Gasteiger partial charge on any atom is -0.315 e. The molecule has 90 valence electrons. The summed E-state index contributed by atoms with van der Waals surface area (Å²) in [5.41, 5.74) is 1.83. The highest BCUT2D eigenvalue weighted by Gasteiger charge is 2.04. The van der Waals surface area contributed by atoms with E-state index >= 15 is 0 Å². The van der Waals surface area contributed by atoms with E-state index in [0.29, 0.717) is 12.6 Å². The summed E-state index contributed by atoms with van der Waals surface area (Å²) in [7, 11) is 0. The SMILES string of the molecule is CCNCC(C)NCc1cc(C)ccc1F. The fourth-order valence-corrected chi connectivity index (χ4v) is 1.56. The fraction of sp³-hybridized carbons (Fsp3) is 0.538. The van der Waals surface area contributed by atoms with Gasteiger partial charge in [0.2, 0.25) is 0 Å². The minimum atomic E-state index is -0.131. The summed E-state index contributed by atoms with van der Waals surface area (Å²) in [5, 5.41) is 6.55. The lowest BCUT2D eigenvalue weighted by molar-refractivity contribution is 0.497. The van der Waals surface area contributed by atoms with Crippen molar-refractivity contribution in [1.82, 2.24) is 10.6 Å². The molecule has 0 aromatic heterocycles. The van der Waals surface area contributed by atoms with Crippen LogP contribution in [0.5, 0.6) is 0 Å². The molecular formula is C13H21FN2. The van der Waals surface area contributed by atoms with Crippen molar-refractivity contribution in [3.8, 4) is 0 Å². The lowest BCUT2D eigenvalue weighted by Crippen LogP contribution is -2.35. The molecule has 0 radical (unpaired) electrons. The molecule has 0 spiro atoms. The number of nitrogens with one attached hydrogen (secondary N) is 2. The fourth-order valence-electron chi connectivity index (χ4n) is 1.56. The van der Waals surface area contributed by atoms with Crippen LogP contribution in [0, 0.1) is 12.7 Å². The first-order valence-corrected chi connectivity index (χ1v) is 5.82. The van der Waals surface area contributed by atoms with E-state index in [1.807, 2.05) is 13.0 Å². The first-order valence-electron chi connectivity index (χ1n) is 5.82. The molecule has 1 aromatic rings. The Morgan fingerprint density at radius 1 is 1.38 bits per heavy atom. The quantitative estimate of drug-likeness (QED) is 0.774. The monoisotopic (exact) mass is 224 g/mol. The summed E-state index contributed by atoms with van der Waals surface area (Å²) < 4.78 is 13.4. The van der Waals surface area contributed by atoms with Gasteiger partial charge in [-0.05, 0) is 26.5 Å². The van der Waals surface area contributed by atoms with E-state index in [4.69, 9.17) is 0 Å². The second kappa shape index (κ2) is 6.61. The molecule has 1 atom stereocenters. The number of likely N-dealkylation sites (N-methyl/N-ethyl adjacent to an activating group) is 1. The maximum atomic E-state index is 13.4. The van der Waals surface area contributed by atoms with Crippen LogP contribution in [0.1, 0.15) is 25.0 Å². The number of hydrogen-bond donors (Lipinski definition) is 2. The maximum absolute atomic E-state index is 13.4. The van der Waals surface area contributed by atoms with Gasteiger partial charge in [0.15, 0.2) is 0 Å². The van der Waals surface area contributed by atoms with Crippen LogP contribution in [0.2, 0.25) is 0 Å². The lowest BCUT2D eigenvalue weighted by Gasteiger charge is -2.14. The van der Waals surface area contributed by atoms with E-state index in [2.05, 4.69) is 24.5 Å². The van der Waals surface area contributed by atoms with Crippen molar-refractivity contribution in [2.45, 2.75) is 33.4 Å². The van der Waals surface area contributed by atoms with E-state index in [1.54, 1.807) is 6.07 Å². The summed E-state index contributed by atoms with van der Waals surface area (Å²) in [4.78, 5) is 0. The summed E-state index contributed by atoms with van der Waals surface area (Å²) >= 11 is 0. The van der Waals surface area contributed by atoms with Gasteiger partial charge in [0, 0.05) is 24.7 Å². The van der Waals surface area contributed by atoms with Gasteiger partial charge in [-0.25, -0.2) is 4.39 Å². The number of rotatable bonds is 6. The van der Waals surface area contributed by atoms with Crippen LogP contribution < -0.4 is 10.6 Å². The smallest absolute Gasteiger partial charge is 0.127 e. The highest BCUT2D eigenvalue weighted by Crippen LogP contribution is 2.09. The van der Waals surface area contributed by atoms with Crippen molar-refractivity contribution >= 4 is 0 Å². The third-order valence-electron chi connectivity index (χ3n) is 2.54. The van der Waals surface area contributed by atoms with E-state index in [-0.39, 0.29) is 5.82 Å². The van der Waals surface area contributed by atoms with Gasteiger partial charge in [0.05, 0.1) is 0 Å². The van der Waals surface area contributed by atoms with Crippen molar-refractivity contribution in [3.05, 3.63) is 35.1 Å². The van der Waals surface area contributed by atoms with Gasteiger partial charge in [-0.2, -0.15) is 0 Å². The Balaban J connectivity index is 2.44. The molecule has 16 heavy (non-hydrogen) atoms. The van der Waals surface area contributed by atoms with E-state index < -0.39 is 0 Å². The molecule has 0 bridgehead atoms. The molecule has 0 saturated carbocycles. The van der Waals surface area contributed by atoms with E-state index in [0.717, 1.165) is 24.2 Å². The van der Waals surface area contributed by atoms with Gasteiger partial charge in [0.1, 0.15) is 5.82 Å². The Labute approximate surface area is 97.3 Å². The van der Waals surface area contributed by atoms with Crippen LogP contribution >= 0.6 is 0 Å². The molecule has 0 saturated heterocycles. The summed E-state index contributed by atoms with van der Waals surface area (Å²) in [5.74, 6) is -0.131. The van der Waals surface area contributed by atoms with Crippen molar-refractivity contribution in [3.63, 3.8) is 0 Å². The lowest BCUT2D eigenvalue weighted by atomic mass is 10.1. The molecule has 0 aliphatic carbocycles. The normalized spacial score (nSPS) is 12.8. The van der Waals surface area contributed by atoms with Gasteiger partial charge in [0.25, 0.3) is 0 Å². The topological polar surface area (TPSA) is 24.1 Å². The van der Waals surface area contributed by atoms with Crippen LogP contribution in [0.15, 0.2) is 18.2 Å². The molecule has 0 aliphatic heterocycles. The van der Waals surface area contributed by atoms with Crippen LogP contribution in [0.3, 0.4) is 0 Å². The predicted molar refractivity (Wildman–Crippen MR) is 66.0 cm³/mol. The van der Waals surface area contributed by atoms with Crippen molar-refractivity contribution in [2.75, 3.05) is 13.1 Å². The zero-order chi connectivity index (χ0) is 12.0. The average molecular weight is 224 g/mol. The Kier molecular flexibility index (Phi) is 5.43. The van der Waals surface area contributed by atoms with Crippen molar-refractivity contribution < 1.29 is 4.39 Å². The Morgan fingerprint density at radius 2 is 2.12 bits per heavy atom. The Bertz CT molecular complexity index is 326. The number of halogens is 1. The zero-order valence-electron chi connectivity index (χ0n) is 10.3. The third kappa shape index (κ3) is 4.29. The van der Waals surface area contributed by atoms with Gasteiger partial charge in [-0.3, -0.25) is 0 Å². The second-order valence-corrected chi connectivity index (χ2v) is 4.18. The molecule has 1 unspecified atom stereocenters. The highest BCUT2D eigenvalue weighted by molar-refractivity contribution is 5.23. The summed E-state index contributed by atoms with van der Waals surface area (Å²) in [6, 6.07) is 5.56. The molecule has 2 N–H and O–H groups in total. The zero-order valence-corrected chi connectivity index (χ0v) is 10.3. The molecule has 3 heteroatoms. The van der Waals surface area contributed by atoms with Crippen molar-refractivity contribution in [1.29, 1.82) is 0 Å². The maximum Gasteiger partial charge on any atom is 0.127 e. The molecule has 0 heterocycles. The van der Waals surface area contributed by atoms with Crippen LogP contribution in [0.25, 0.3) is 0 Å². The molecule has 0 aliphatic rings. The Hall–Kier alpha value is -0.930. The van der Waals surface area contributed by atoms with Gasteiger partial charge in [-0.1, -0.05) is 24.6 Å². The van der Waals surface area contributed by atoms with Crippen LogP contribution in [0.4, 0.5) is 4.39 Å². The molecule has 2 nitrogen and oxygen atoms in total. The van der Waals surface area contributed by atoms with Gasteiger partial charge >= 0.3 is 0 Å². The van der Waals surface area contributed by atoms with Gasteiger partial charge in [-0.15, -0.1) is 0 Å². The number of aryl methyl sites for hydroxylation is 1. The van der Waals surface area contributed by atoms with E-state index in [1.165, 1.54) is 6.07 Å². The number of benzene rings is 1. The largest absolute Gasteiger partial charge is 0.315 e. The first-order chi connectivity index (χ1) is 7.63. The average Bonchev–Trinajstić information content (AvgIpc) is 2.27. The summed E-state index contributed by atoms with van der Waals surface area (Å²) in [6.07, 6.45) is 0. The third-order valence-corrected chi connectivity index (χ3v) is 2.54. The highest BCUT2D eigenvalue weighted by atomic mass is 19.1.